The molecule has 1 fully saturated rings. The van der Waals surface area contributed by atoms with Crippen molar-refractivity contribution in [1.82, 2.24) is 24.6 Å². The van der Waals surface area contributed by atoms with Crippen LogP contribution in [0.25, 0.3) is 11.1 Å². The summed E-state index contributed by atoms with van der Waals surface area (Å²) in [5.41, 5.74) is 8.43. The molecule has 2 aromatic heterocycles. The van der Waals surface area contributed by atoms with E-state index in [1.54, 1.807) is 16.9 Å². The second kappa shape index (κ2) is 9.93. The molecule has 1 aliphatic rings. The van der Waals surface area contributed by atoms with Crippen LogP contribution >= 0.6 is 0 Å². The molecule has 1 amide bonds. The van der Waals surface area contributed by atoms with Gasteiger partial charge in [-0.05, 0) is 5.56 Å². The van der Waals surface area contributed by atoms with Crippen LogP contribution in [0.1, 0.15) is 5.56 Å². The number of benzene rings is 1. The molecule has 1 aliphatic heterocycles. The van der Waals surface area contributed by atoms with Crippen molar-refractivity contribution in [2.45, 2.75) is 12.6 Å². The molecule has 1 aromatic carbocycles. The number of anilines is 1. The molecule has 0 saturated carbocycles. The smallest absolute Gasteiger partial charge is 0.264 e. The molecule has 168 valence electrons. The summed E-state index contributed by atoms with van der Waals surface area (Å²) in [5, 5.41) is 13.3. The van der Waals surface area contributed by atoms with Crippen molar-refractivity contribution < 1.29 is 14.3 Å². The third kappa shape index (κ3) is 5.16. The molecule has 0 radical (unpaired) electrons. The van der Waals surface area contributed by atoms with Crippen LogP contribution in [0, 0.1) is 11.3 Å². The molecule has 10 nitrogen and oxygen atoms in total. The molecule has 3 heterocycles. The number of nitrogens with zero attached hydrogens (tertiary/aromatic N) is 6. The first-order valence-corrected chi connectivity index (χ1v) is 10.3. The van der Waals surface area contributed by atoms with Gasteiger partial charge in [0.15, 0.2) is 0 Å². The molecular weight excluding hydrogens is 422 g/mol. The van der Waals surface area contributed by atoms with Crippen molar-refractivity contribution in [2.24, 2.45) is 0 Å². The molecule has 1 saturated heterocycles. The fourth-order valence-corrected chi connectivity index (χ4v) is 3.53. The predicted molar refractivity (Wildman–Crippen MR) is 120 cm³/mol. The standard InChI is InChI=1S/C23H23N7O3/c1-16(9-24)23(31)29-7-8-32-19(13-29)14-33-22-20(21(25)26-15-27-22)18-10-28-30(12-18)11-17-5-3-2-4-6-17/h2-6,10,12,15,19H,1,7-8,11,13-14H2,(H2,25,26,27). The van der Waals surface area contributed by atoms with Crippen molar-refractivity contribution in [3.8, 4) is 23.1 Å². The van der Waals surface area contributed by atoms with Crippen LogP contribution in [0.2, 0.25) is 0 Å². The molecule has 10 heteroatoms. The highest BCUT2D eigenvalue weighted by atomic mass is 16.5. The lowest BCUT2D eigenvalue weighted by Gasteiger charge is -2.32. The SMILES string of the molecule is C=C(C#N)C(=O)N1CCOC(COc2ncnc(N)c2-c2cnn(Cc3ccccc3)c2)C1. The minimum absolute atomic E-state index is 0.102. The number of carbonyl (C=O) groups excluding carboxylic acids is 1. The second-order valence-electron chi connectivity index (χ2n) is 7.50. The second-order valence-corrected chi connectivity index (χ2v) is 7.50. The van der Waals surface area contributed by atoms with Gasteiger partial charge < -0.3 is 20.1 Å². The van der Waals surface area contributed by atoms with Crippen LogP contribution < -0.4 is 10.5 Å². The number of hydrogen-bond donors (Lipinski definition) is 1. The van der Waals surface area contributed by atoms with E-state index in [0.717, 1.165) is 11.1 Å². The summed E-state index contributed by atoms with van der Waals surface area (Å²) in [7, 11) is 0. The number of nitriles is 1. The van der Waals surface area contributed by atoms with Crippen molar-refractivity contribution in [2.75, 3.05) is 32.0 Å². The van der Waals surface area contributed by atoms with E-state index in [0.29, 0.717) is 31.1 Å². The Kier molecular flexibility index (Phi) is 6.61. The van der Waals surface area contributed by atoms with Crippen molar-refractivity contribution in [1.29, 1.82) is 5.26 Å². The average Bonchev–Trinajstić information content (AvgIpc) is 3.30. The van der Waals surface area contributed by atoms with Crippen molar-refractivity contribution in [3.63, 3.8) is 0 Å². The maximum atomic E-state index is 12.2. The van der Waals surface area contributed by atoms with Gasteiger partial charge in [-0.2, -0.15) is 10.4 Å². The van der Waals surface area contributed by atoms with Gasteiger partial charge in [0.05, 0.1) is 31.5 Å². The third-order valence-corrected chi connectivity index (χ3v) is 5.18. The van der Waals surface area contributed by atoms with Crippen molar-refractivity contribution in [3.05, 3.63) is 66.8 Å². The third-order valence-electron chi connectivity index (χ3n) is 5.18. The van der Waals surface area contributed by atoms with E-state index in [-0.39, 0.29) is 30.6 Å². The zero-order valence-electron chi connectivity index (χ0n) is 17.9. The first-order valence-electron chi connectivity index (χ1n) is 10.3. The zero-order valence-corrected chi connectivity index (χ0v) is 17.9. The monoisotopic (exact) mass is 445 g/mol. The summed E-state index contributed by atoms with van der Waals surface area (Å²) < 4.78 is 13.5. The van der Waals surface area contributed by atoms with E-state index >= 15 is 0 Å². The van der Waals surface area contributed by atoms with Crippen LogP contribution in [0.4, 0.5) is 5.82 Å². The molecule has 0 spiro atoms. The largest absolute Gasteiger partial charge is 0.474 e. The molecule has 3 aromatic rings. The summed E-state index contributed by atoms with van der Waals surface area (Å²) in [6.45, 7) is 5.25. The normalized spacial score (nSPS) is 15.6. The van der Waals surface area contributed by atoms with Gasteiger partial charge in [-0.3, -0.25) is 9.48 Å². The van der Waals surface area contributed by atoms with E-state index in [1.807, 2.05) is 36.5 Å². The van der Waals surface area contributed by atoms with Gasteiger partial charge in [-0.15, -0.1) is 0 Å². The maximum absolute atomic E-state index is 12.2. The number of rotatable bonds is 7. The highest BCUT2D eigenvalue weighted by molar-refractivity contribution is 5.96. The number of carbonyl (C=O) groups is 1. The van der Waals surface area contributed by atoms with Crippen LogP contribution in [-0.4, -0.2) is 63.0 Å². The summed E-state index contributed by atoms with van der Waals surface area (Å²) >= 11 is 0. The van der Waals surface area contributed by atoms with Gasteiger partial charge in [0.25, 0.3) is 5.91 Å². The summed E-state index contributed by atoms with van der Waals surface area (Å²) in [6.07, 6.45) is 4.49. The highest BCUT2D eigenvalue weighted by Crippen LogP contribution is 2.32. The Bertz CT molecular complexity index is 1190. The van der Waals surface area contributed by atoms with E-state index in [4.69, 9.17) is 20.5 Å². The van der Waals surface area contributed by atoms with Crippen LogP contribution in [0.15, 0.2) is 61.2 Å². The fourth-order valence-electron chi connectivity index (χ4n) is 3.53. The number of morpholine rings is 1. The molecule has 33 heavy (non-hydrogen) atoms. The molecule has 1 unspecified atom stereocenters. The van der Waals surface area contributed by atoms with Crippen molar-refractivity contribution >= 4 is 11.7 Å². The lowest BCUT2D eigenvalue weighted by atomic mass is 10.1. The minimum Gasteiger partial charge on any atom is -0.474 e. The number of amides is 1. The molecule has 0 aliphatic carbocycles. The number of nitrogens with two attached hydrogens (primary N) is 1. The Morgan fingerprint density at radius 2 is 2.15 bits per heavy atom. The highest BCUT2D eigenvalue weighted by Gasteiger charge is 2.27. The van der Waals surface area contributed by atoms with Gasteiger partial charge in [0.1, 0.15) is 36.5 Å². The van der Waals surface area contributed by atoms with Gasteiger partial charge in [0, 0.05) is 18.3 Å². The number of ether oxygens (including phenoxy) is 2. The van der Waals surface area contributed by atoms with E-state index in [2.05, 4.69) is 21.6 Å². The lowest BCUT2D eigenvalue weighted by Crippen LogP contribution is -2.48. The average molecular weight is 445 g/mol. The fraction of sp³-hybridized carbons (Fsp3) is 0.261. The Hall–Kier alpha value is -4.23. The summed E-state index contributed by atoms with van der Waals surface area (Å²) in [4.78, 5) is 22.1. The summed E-state index contributed by atoms with van der Waals surface area (Å²) in [5.74, 6) is 0.171. The van der Waals surface area contributed by atoms with Crippen LogP contribution in [0.5, 0.6) is 5.88 Å². The Labute approximate surface area is 190 Å². The predicted octanol–water partition coefficient (Wildman–Crippen LogP) is 1.66. The topological polar surface area (TPSA) is 132 Å². The van der Waals surface area contributed by atoms with Gasteiger partial charge in [0.2, 0.25) is 5.88 Å². The van der Waals surface area contributed by atoms with E-state index < -0.39 is 5.91 Å². The van der Waals surface area contributed by atoms with E-state index in [1.165, 1.54) is 11.2 Å². The first kappa shape index (κ1) is 22.0. The van der Waals surface area contributed by atoms with Crippen LogP contribution in [-0.2, 0) is 16.1 Å². The maximum Gasteiger partial charge on any atom is 0.264 e. The Balaban J connectivity index is 1.46. The van der Waals surface area contributed by atoms with Gasteiger partial charge in [-0.1, -0.05) is 36.9 Å². The van der Waals surface area contributed by atoms with E-state index in [9.17, 15) is 4.79 Å². The molecule has 1 atom stereocenters. The lowest BCUT2D eigenvalue weighted by molar-refractivity contribution is -0.135. The quantitative estimate of drug-likeness (QED) is 0.429. The minimum atomic E-state index is -0.399. The molecular formula is C23H23N7O3. The van der Waals surface area contributed by atoms with Crippen LogP contribution in [0.3, 0.4) is 0 Å². The zero-order chi connectivity index (χ0) is 23.2. The number of nitrogen functional groups attached to an aromatic ring is 1. The van der Waals surface area contributed by atoms with Gasteiger partial charge in [-0.25, -0.2) is 9.97 Å². The first-order chi connectivity index (χ1) is 16.0. The Morgan fingerprint density at radius 3 is 2.94 bits per heavy atom. The molecule has 0 bridgehead atoms. The molecule has 4 rings (SSSR count). The Morgan fingerprint density at radius 1 is 1.33 bits per heavy atom. The summed E-state index contributed by atoms with van der Waals surface area (Å²) in [6, 6.07) is 11.8. The number of aromatic nitrogens is 4. The molecule has 2 N–H and O–H groups in total. The number of hydrogen-bond acceptors (Lipinski definition) is 8. The van der Waals surface area contributed by atoms with Gasteiger partial charge >= 0.3 is 0 Å².